The number of para-hydroxylation sites is 1. The smallest absolute Gasteiger partial charge is 0.268 e. The van der Waals surface area contributed by atoms with Gasteiger partial charge in [-0.05, 0) is 48.1 Å². The molecule has 0 spiro atoms. The Balaban J connectivity index is 1.73. The highest BCUT2D eigenvalue weighted by atomic mass is 32.2. The number of ether oxygens (including phenoxy) is 4. The molecule has 0 bridgehead atoms. The first-order valence-electron chi connectivity index (χ1n) is 11.0. The molecule has 11 heteroatoms. The number of hydrogen-bond donors (Lipinski definition) is 1. The minimum atomic E-state index is -0.599. The number of hydrogen-bond acceptors (Lipinski definition) is 10. The molecule has 1 amide bonds. The van der Waals surface area contributed by atoms with E-state index < -0.39 is 5.91 Å². The maximum Gasteiger partial charge on any atom is 0.268 e. The zero-order valence-electron chi connectivity index (χ0n) is 20.6. The summed E-state index contributed by atoms with van der Waals surface area (Å²) in [6.45, 7) is 4.30. The number of carbonyl (C=O) groups is 1. The Morgan fingerprint density at radius 2 is 1.86 bits per heavy atom. The maximum atomic E-state index is 12.6. The molecule has 0 unspecified atom stereocenters. The lowest BCUT2D eigenvalue weighted by atomic mass is 10.1. The summed E-state index contributed by atoms with van der Waals surface area (Å²) < 4.78 is 26.9. The normalized spacial score (nSPS) is 10.8. The summed E-state index contributed by atoms with van der Waals surface area (Å²) >= 11 is 2.40. The topological polar surface area (TPSA) is 116 Å². The van der Waals surface area contributed by atoms with E-state index in [0.717, 1.165) is 22.8 Å². The van der Waals surface area contributed by atoms with Gasteiger partial charge < -0.3 is 18.9 Å². The van der Waals surface area contributed by atoms with Crippen LogP contribution < -0.4 is 24.3 Å². The number of anilines is 1. The Hall–Kier alpha value is -4.01. The van der Waals surface area contributed by atoms with Crippen molar-refractivity contribution in [1.82, 2.24) is 9.36 Å². The fraction of sp³-hybridized carbons (Fsp3) is 0.231. The van der Waals surface area contributed by atoms with Gasteiger partial charge in [-0.3, -0.25) is 10.1 Å². The van der Waals surface area contributed by atoms with Gasteiger partial charge in [0, 0.05) is 11.5 Å². The molecule has 37 heavy (non-hydrogen) atoms. The second-order valence-corrected chi connectivity index (χ2v) is 8.79. The second-order valence-electron chi connectivity index (χ2n) is 7.26. The van der Waals surface area contributed by atoms with Gasteiger partial charge in [0.1, 0.15) is 30.6 Å². The lowest BCUT2D eigenvalue weighted by Crippen LogP contribution is -2.13. The third-order valence-corrected chi connectivity index (χ3v) is 6.19. The molecule has 3 aromatic rings. The molecule has 192 valence electrons. The summed E-state index contributed by atoms with van der Waals surface area (Å²) in [5.41, 5.74) is 1.44. The molecular formula is C26H26N4O5S2. The number of carbonyl (C=O) groups excluding carboxylic acids is 1. The number of aromatic nitrogens is 2. The Bertz CT molecular complexity index is 1290. The van der Waals surface area contributed by atoms with Crippen LogP contribution in [0.1, 0.15) is 11.1 Å². The molecule has 0 saturated carbocycles. The van der Waals surface area contributed by atoms with E-state index in [9.17, 15) is 10.1 Å². The van der Waals surface area contributed by atoms with Crippen LogP contribution in [0.25, 0.3) is 6.08 Å². The number of nitrogens with zero attached hydrogens (tertiary/aromatic N) is 3. The Morgan fingerprint density at radius 1 is 1.16 bits per heavy atom. The van der Waals surface area contributed by atoms with E-state index in [2.05, 4.69) is 21.3 Å². The van der Waals surface area contributed by atoms with Gasteiger partial charge in [-0.25, -0.2) is 0 Å². The Morgan fingerprint density at radius 3 is 2.49 bits per heavy atom. The van der Waals surface area contributed by atoms with Crippen LogP contribution in [0, 0.1) is 11.3 Å². The van der Waals surface area contributed by atoms with Crippen molar-refractivity contribution in [3.05, 3.63) is 65.8 Å². The van der Waals surface area contributed by atoms with Gasteiger partial charge in [0.25, 0.3) is 5.91 Å². The molecule has 0 aliphatic heterocycles. The molecule has 1 N–H and O–H groups in total. The summed E-state index contributed by atoms with van der Waals surface area (Å²) in [6, 6.07) is 13.0. The molecule has 1 heterocycles. The van der Waals surface area contributed by atoms with Gasteiger partial charge >= 0.3 is 0 Å². The van der Waals surface area contributed by atoms with Crippen LogP contribution in [0.4, 0.5) is 5.13 Å². The van der Waals surface area contributed by atoms with Crippen molar-refractivity contribution >= 4 is 40.4 Å². The van der Waals surface area contributed by atoms with E-state index in [1.54, 1.807) is 12.1 Å². The SMILES string of the molecule is C=CCc1ccccc1OCCOc1c(OC)cc(C=C(C#N)C(=O)Nc2nc(SC)ns2)cc1OC. The molecule has 0 radical (unpaired) electrons. The fourth-order valence-electron chi connectivity index (χ4n) is 3.21. The highest BCUT2D eigenvalue weighted by Gasteiger charge is 2.17. The average molecular weight is 539 g/mol. The van der Waals surface area contributed by atoms with Crippen molar-refractivity contribution in [3.63, 3.8) is 0 Å². The third-order valence-electron chi connectivity index (χ3n) is 4.89. The van der Waals surface area contributed by atoms with Crippen molar-refractivity contribution in [2.45, 2.75) is 11.6 Å². The van der Waals surface area contributed by atoms with E-state index in [1.165, 1.54) is 32.1 Å². The van der Waals surface area contributed by atoms with E-state index >= 15 is 0 Å². The van der Waals surface area contributed by atoms with Crippen LogP contribution in [-0.2, 0) is 11.2 Å². The molecule has 1 aromatic heterocycles. The average Bonchev–Trinajstić information content (AvgIpc) is 3.38. The highest BCUT2D eigenvalue weighted by molar-refractivity contribution is 7.98. The van der Waals surface area contributed by atoms with Crippen molar-refractivity contribution in [3.8, 4) is 29.1 Å². The third kappa shape index (κ3) is 7.49. The van der Waals surface area contributed by atoms with Gasteiger partial charge in [-0.1, -0.05) is 36.0 Å². The maximum absolute atomic E-state index is 12.6. The quantitative estimate of drug-likeness (QED) is 0.105. The van der Waals surface area contributed by atoms with Crippen LogP contribution in [0.15, 0.2) is 59.8 Å². The minimum absolute atomic E-state index is 0.120. The standard InChI is InChI=1S/C26H26N4O5S2/c1-5-8-18-9-6-7-10-20(18)34-11-12-35-23-21(32-2)14-17(15-22(23)33-3)13-19(16-27)24(31)28-25-29-26(36-4)30-37-25/h5-7,9-10,13-15H,1,8,11-12H2,2-4H3,(H,28,29,30,31). The molecule has 9 nitrogen and oxygen atoms in total. The van der Waals surface area contributed by atoms with E-state index in [1.807, 2.05) is 42.7 Å². The van der Waals surface area contributed by atoms with Crippen LogP contribution in [0.3, 0.4) is 0 Å². The zero-order chi connectivity index (χ0) is 26.6. The number of thioether (sulfide) groups is 1. The van der Waals surface area contributed by atoms with E-state index in [-0.39, 0.29) is 12.2 Å². The van der Waals surface area contributed by atoms with Crippen LogP contribution in [0.2, 0.25) is 0 Å². The van der Waals surface area contributed by atoms with Crippen LogP contribution in [-0.4, -0.2) is 49.0 Å². The zero-order valence-corrected chi connectivity index (χ0v) is 22.3. The second kappa shape index (κ2) is 13.9. The molecule has 3 rings (SSSR count). The summed E-state index contributed by atoms with van der Waals surface area (Å²) in [5, 5.41) is 13.0. The molecule has 0 saturated heterocycles. The predicted molar refractivity (Wildman–Crippen MR) is 145 cm³/mol. The first-order valence-corrected chi connectivity index (χ1v) is 13.0. The Labute approximate surface area is 223 Å². The van der Waals surface area contributed by atoms with Gasteiger partial charge in [0.15, 0.2) is 11.5 Å². The number of nitrogens with one attached hydrogen (secondary N) is 1. The van der Waals surface area contributed by atoms with Crippen molar-refractivity contribution in [2.75, 3.05) is 39.0 Å². The monoisotopic (exact) mass is 538 g/mol. The molecular weight excluding hydrogens is 512 g/mol. The molecule has 2 aromatic carbocycles. The lowest BCUT2D eigenvalue weighted by Gasteiger charge is -2.16. The van der Waals surface area contributed by atoms with Crippen molar-refractivity contribution < 1.29 is 23.7 Å². The van der Waals surface area contributed by atoms with Crippen molar-refractivity contribution in [2.24, 2.45) is 0 Å². The first kappa shape index (κ1) is 27.6. The Kier molecular flexibility index (Phi) is 10.4. The fourth-order valence-corrected chi connectivity index (χ4v) is 4.33. The first-order chi connectivity index (χ1) is 18.0. The van der Waals surface area contributed by atoms with Crippen molar-refractivity contribution in [1.29, 1.82) is 5.26 Å². The summed E-state index contributed by atoms with van der Waals surface area (Å²) in [7, 11) is 2.99. The minimum Gasteiger partial charge on any atom is -0.493 e. The summed E-state index contributed by atoms with van der Waals surface area (Å²) in [6.07, 6.45) is 5.79. The van der Waals surface area contributed by atoms with Crippen LogP contribution >= 0.6 is 23.3 Å². The molecule has 0 atom stereocenters. The number of allylic oxidation sites excluding steroid dienone is 1. The van der Waals surface area contributed by atoms with Gasteiger partial charge in [0.05, 0.1) is 14.2 Å². The number of methoxy groups -OCH3 is 2. The predicted octanol–water partition coefficient (Wildman–Crippen LogP) is 5.01. The van der Waals surface area contributed by atoms with Crippen LogP contribution in [0.5, 0.6) is 23.0 Å². The molecule has 0 fully saturated rings. The number of benzene rings is 2. The van der Waals surface area contributed by atoms with E-state index in [4.69, 9.17) is 18.9 Å². The van der Waals surface area contributed by atoms with Gasteiger partial charge in [0.2, 0.25) is 16.0 Å². The number of nitriles is 1. The highest BCUT2D eigenvalue weighted by Crippen LogP contribution is 2.39. The molecule has 0 aliphatic rings. The number of rotatable bonds is 13. The summed E-state index contributed by atoms with van der Waals surface area (Å²) in [5.74, 6) is 1.31. The van der Waals surface area contributed by atoms with Gasteiger partial charge in [-0.2, -0.15) is 14.6 Å². The number of amides is 1. The lowest BCUT2D eigenvalue weighted by molar-refractivity contribution is -0.112. The van der Waals surface area contributed by atoms with E-state index in [0.29, 0.717) is 46.1 Å². The molecule has 0 aliphatic carbocycles. The largest absolute Gasteiger partial charge is 0.493 e. The summed E-state index contributed by atoms with van der Waals surface area (Å²) in [4.78, 5) is 16.8. The van der Waals surface area contributed by atoms with Gasteiger partial charge in [-0.15, -0.1) is 6.58 Å².